The minimum atomic E-state index is -1.28. The standard InChI is InChI=1S/C44H70N10O6/c1-29(2)26-30-14-9-15-31(27-30)28-34-41(59)54-25-12-19-36(54)39(57)52-44(20-13-21-44)42(60)51-33(17-10-23-49-43(46)47)40(58)53-24-11-18-35(53)38(56)48-22-8-6-4-3-5-7-16-32(45)37(55)50-34/h9,14-15,27,29,32-36H,3-8,10-13,16-26,28,45H2,1-2H3,(H,48,56)(H,50,55)(H,51,60)(H,52,57)(H4,46,47,49)/t32-,33-,34-,35-,36-/m0/s1. The minimum absolute atomic E-state index is 0.0786. The maximum Gasteiger partial charge on any atom is 0.246 e. The van der Waals surface area contributed by atoms with Crippen molar-refractivity contribution in [1.82, 2.24) is 31.1 Å². The number of benzene rings is 1. The Morgan fingerprint density at radius 2 is 1.40 bits per heavy atom. The number of nitrogens with zero attached hydrogens (tertiary/aromatic N) is 3. The van der Waals surface area contributed by atoms with Gasteiger partial charge in [0.15, 0.2) is 5.96 Å². The summed E-state index contributed by atoms with van der Waals surface area (Å²) < 4.78 is 0. The van der Waals surface area contributed by atoms with E-state index >= 15 is 0 Å². The highest BCUT2D eigenvalue weighted by Gasteiger charge is 2.49. The molecule has 60 heavy (non-hydrogen) atoms. The van der Waals surface area contributed by atoms with E-state index in [4.69, 9.17) is 17.2 Å². The zero-order valence-corrected chi connectivity index (χ0v) is 35.9. The van der Waals surface area contributed by atoms with Crippen LogP contribution in [0.2, 0.25) is 0 Å². The molecule has 1 aromatic carbocycles. The van der Waals surface area contributed by atoms with Crippen molar-refractivity contribution in [2.45, 2.75) is 165 Å². The Kier molecular flexibility index (Phi) is 17.2. The normalized spacial score (nSPS) is 26.7. The van der Waals surface area contributed by atoms with Gasteiger partial charge in [-0.25, -0.2) is 0 Å². The monoisotopic (exact) mass is 835 g/mol. The van der Waals surface area contributed by atoms with Gasteiger partial charge in [0.1, 0.15) is 29.7 Å². The van der Waals surface area contributed by atoms with E-state index in [1.165, 1.54) is 4.90 Å². The highest BCUT2D eigenvalue weighted by atomic mass is 16.2. The molecule has 3 saturated heterocycles. The van der Waals surface area contributed by atoms with E-state index in [0.29, 0.717) is 83.3 Å². The smallest absolute Gasteiger partial charge is 0.246 e. The summed E-state index contributed by atoms with van der Waals surface area (Å²) in [6.07, 6.45) is 11.0. The van der Waals surface area contributed by atoms with Crippen LogP contribution in [0.1, 0.15) is 128 Å². The zero-order valence-electron chi connectivity index (χ0n) is 35.9. The number of carbonyl (C=O) groups is 6. The summed E-state index contributed by atoms with van der Waals surface area (Å²) in [6.45, 7) is 5.74. The Hall–Kier alpha value is -4.73. The van der Waals surface area contributed by atoms with Crippen LogP contribution in [0.3, 0.4) is 0 Å². The Morgan fingerprint density at radius 1 is 0.767 bits per heavy atom. The van der Waals surface area contributed by atoms with E-state index in [1.807, 2.05) is 12.1 Å². The number of hydrogen-bond acceptors (Lipinski definition) is 8. The molecular weight excluding hydrogens is 765 g/mol. The number of fused-ring (bicyclic) bond motifs is 2. The van der Waals surface area contributed by atoms with Crippen LogP contribution in [-0.4, -0.2) is 113 Å². The lowest BCUT2D eigenvalue weighted by Gasteiger charge is -2.43. The summed E-state index contributed by atoms with van der Waals surface area (Å²) in [5, 5.41) is 12.0. The van der Waals surface area contributed by atoms with Crippen LogP contribution >= 0.6 is 0 Å². The predicted molar refractivity (Wildman–Crippen MR) is 230 cm³/mol. The third-order valence-electron chi connectivity index (χ3n) is 12.5. The first kappa shape index (κ1) is 46.3. The molecule has 10 N–H and O–H groups in total. The van der Waals surface area contributed by atoms with Gasteiger partial charge >= 0.3 is 0 Å². The maximum atomic E-state index is 14.5. The van der Waals surface area contributed by atoms with Gasteiger partial charge in [0, 0.05) is 32.6 Å². The molecule has 0 bridgehead atoms. The minimum Gasteiger partial charge on any atom is -0.370 e. The topological polar surface area (TPSA) is 247 Å². The molecule has 4 fully saturated rings. The molecule has 1 spiro atoms. The van der Waals surface area contributed by atoms with Gasteiger partial charge in [0.05, 0.1) is 6.04 Å². The number of aliphatic imine (C=N–C) groups is 1. The summed E-state index contributed by atoms with van der Waals surface area (Å²) in [5.74, 6) is -1.92. The van der Waals surface area contributed by atoms with Gasteiger partial charge in [-0.15, -0.1) is 0 Å². The molecule has 1 aromatic rings. The molecule has 3 aliphatic heterocycles. The predicted octanol–water partition coefficient (Wildman–Crippen LogP) is 1.66. The fourth-order valence-electron chi connectivity index (χ4n) is 9.05. The SMILES string of the molecule is CC(C)Cc1cccc(C[C@@H]2NC(=O)[C@@H](N)CCCCCCCCNC(=O)[C@@H]3CCCN3C(=O)[C@H](CCCN=C(N)N)NC(=O)C3(CCC3)NC(=O)[C@@H]3CCCN3C2=O)c1. The highest BCUT2D eigenvalue weighted by molar-refractivity contribution is 5.99. The van der Waals surface area contributed by atoms with Crippen molar-refractivity contribution in [3.8, 4) is 0 Å². The Balaban J connectivity index is 1.39. The average molecular weight is 835 g/mol. The summed E-state index contributed by atoms with van der Waals surface area (Å²) in [4.78, 5) is 91.4. The molecule has 1 saturated carbocycles. The van der Waals surface area contributed by atoms with E-state index in [2.05, 4.69) is 52.2 Å². The van der Waals surface area contributed by atoms with Crippen molar-refractivity contribution < 1.29 is 28.8 Å². The van der Waals surface area contributed by atoms with E-state index < -0.39 is 53.5 Å². The summed E-state index contributed by atoms with van der Waals surface area (Å²) in [6, 6.07) is 3.80. The second kappa shape index (κ2) is 22.2. The lowest BCUT2D eigenvalue weighted by molar-refractivity contribution is -0.146. The first-order chi connectivity index (χ1) is 28.8. The molecule has 1 aliphatic carbocycles. The number of carbonyl (C=O) groups excluding carboxylic acids is 6. The zero-order chi connectivity index (χ0) is 43.2. The van der Waals surface area contributed by atoms with Gasteiger partial charge in [-0.1, -0.05) is 70.2 Å². The van der Waals surface area contributed by atoms with Crippen LogP contribution in [0, 0.1) is 5.92 Å². The molecule has 0 aromatic heterocycles. The molecule has 0 unspecified atom stereocenters. The van der Waals surface area contributed by atoms with Crippen molar-refractivity contribution in [3.63, 3.8) is 0 Å². The number of amides is 6. The number of nitrogens with two attached hydrogens (primary N) is 3. The van der Waals surface area contributed by atoms with Crippen LogP contribution in [0.25, 0.3) is 0 Å². The van der Waals surface area contributed by atoms with Crippen LogP contribution in [0.5, 0.6) is 0 Å². The lowest BCUT2D eigenvalue weighted by atomic mass is 9.75. The number of nitrogens with one attached hydrogen (secondary N) is 4. The molecule has 16 heteroatoms. The first-order valence-electron chi connectivity index (χ1n) is 22.5. The van der Waals surface area contributed by atoms with Crippen molar-refractivity contribution in [3.05, 3.63) is 35.4 Å². The summed E-state index contributed by atoms with van der Waals surface area (Å²) in [7, 11) is 0. The quantitative estimate of drug-likeness (QED) is 0.114. The first-order valence-corrected chi connectivity index (χ1v) is 22.5. The molecule has 0 radical (unpaired) electrons. The summed E-state index contributed by atoms with van der Waals surface area (Å²) >= 11 is 0. The Morgan fingerprint density at radius 3 is 2.05 bits per heavy atom. The molecule has 5 rings (SSSR count). The van der Waals surface area contributed by atoms with E-state index in [9.17, 15) is 28.8 Å². The number of hydrogen-bond donors (Lipinski definition) is 7. The van der Waals surface area contributed by atoms with Crippen molar-refractivity contribution in [1.29, 1.82) is 0 Å². The summed E-state index contributed by atoms with van der Waals surface area (Å²) in [5.41, 5.74) is 18.3. The maximum absolute atomic E-state index is 14.5. The van der Waals surface area contributed by atoms with Crippen LogP contribution in [0.15, 0.2) is 29.3 Å². The van der Waals surface area contributed by atoms with Crippen molar-refractivity contribution in [2.75, 3.05) is 26.2 Å². The second-order valence-corrected chi connectivity index (χ2v) is 17.8. The Bertz CT molecular complexity index is 1690. The highest BCUT2D eigenvalue weighted by Crippen LogP contribution is 2.34. The second-order valence-electron chi connectivity index (χ2n) is 17.8. The molecule has 332 valence electrons. The molecular formula is C44H70N10O6. The average Bonchev–Trinajstić information content (AvgIpc) is 3.89. The molecule has 6 amide bonds. The van der Waals surface area contributed by atoms with Gasteiger partial charge in [-0.3, -0.25) is 33.8 Å². The Labute approximate surface area is 355 Å². The van der Waals surface area contributed by atoms with Crippen LogP contribution in [-0.2, 0) is 41.6 Å². The van der Waals surface area contributed by atoms with Gasteiger partial charge < -0.3 is 48.3 Å². The van der Waals surface area contributed by atoms with Crippen LogP contribution in [0.4, 0.5) is 0 Å². The third kappa shape index (κ3) is 12.6. The largest absolute Gasteiger partial charge is 0.370 e. The van der Waals surface area contributed by atoms with Gasteiger partial charge in [-0.05, 0) is 94.1 Å². The van der Waals surface area contributed by atoms with Crippen molar-refractivity contribution >= 4 is 41.4 Å². The van der Waals surface area contributed by atoms with Gasteiger partial charge in [0.2, 0.25) is 35.4 Å². The molecule has 16 nitrogen and oxygen atoms in total. The fourth-order valence-corrected chi connectivity index (χ4v) is 9.05. The molecule has 4 aliphatic rings. The van der Waals surface area contributed by atoms with Gasteiger partial charge in [-0.2, -0.15) is 0 Å². The molecule has 5 atom stereocenters. The van der Waals surface area contributed by atoms with Gasteiger partial charge in [0.25, 0.3) is 0 Å². The number of guanidine groups is 1. The lowest BCUT2D eigenvalue weighted by Crippen LogP contribution is -2.67. The number of rotatable bonds is 8. The molecule has 3 heterocycles. The van der Waals surface area contributed by atoms with Crippen molar-refractivity contribution in [2.24, 2.45) is 28.1 Å². The fraction of sp³-hybridized carbons (Fsp3) is 0.705. The van der Waals surface area contributed by atoms with Crippen LogP contribution < -0.4 is 38.5 Å². The van der Waals surface area contributed by atoms with E-state index in [0.717, 1.165) is 56.1 Å². The van der Waals surface area contributed by atoms with E-state index in [-0.39, 0.29) is 43.1 Å². The van der Waals surface area contributed by atoms with E-state index in [1.54, 1.807) is 4.90 Å². The third-order valence-corrected chi connectivity index (χ3v) is 12.5.